The van der Waals surface area contributed by atoms with Gasteiger partial charge in [-0.2, -0.15) is 4.31 Å². The van der Waals surface area contributed by atoms with Crippen LogP contribution >= 0.6 is 15.9 Å². The summed E-state index contributed by atoms with van der Waals surface area (Å²) in [6.07, 6.45) is 0.798. The maximum Gasteiger partial charge on any atom is 0.243 e. The third kappa shape index (κ3) is 2.84. The van der Waals surface area contributed by atoms with E-state index in [0.29, 0.717) is 4.90 Å². The third-order valence-corrected chi connectivity index (χ3v) is 5.22. The minimum absolute atomic E-state index is 0.00801. The van der Waals surface area contributed by atoms with Gasteiger partial charge in [0, 0.05) is 17.6 Å². The Bertz CT molecular complexity index is 442. The van der Waals surface area contributed by atoms with E-state index in [-0.39, 0.29) is 6.04 Å². The van der Waals surface area contributed by atoms with Gasteiger partial charge in [-0.05, 0) is 37.6 Å². The number of benzene rings is 1. The predicted molar refractivity (Wildman–Crippen MR) is 68.8 cm³/mol. The highest BCUT2D eigenvalue weighted by atomic mass is 79.9. The van der Waals surface area contributed by atoms with Crippen molar-refractivity contribution >= 4 is 26.0 Å². The second-order valence-electron chi connectivity index (χ2n) is 3.73. The molecule has 1 unspecified atom stereocenters. The lowest BCUT2D eigenvalue weighted by Crippen LogP contribution is -2.34. The van der Waals surface area contributed by atoms with Gasteiger partial charge in [0.1, 0.15) is 0 Å². The molecule has 0 amide bonds. The minimum Gasteiger partial charge on any atom is -0.207 e. The van der Waals surface area contributed by atoms with Crippen molar-refractivity contribution in [3.63, 3.8) is 0 Å². The van der Waals surface area contributed by atoms with Gasteiger partial charge in [0.15, 0.2) is 0 Å². The second kappa shape index (κ2) is 5.29. The Morgan fingerprint density at radius 2 is 1.81 bits per heavy atom. The van der Waals surface area contributed by atoms with Crippen LogP contribution < -0.4 is 0 Å². The largest absolute Gasteiger partial charge is 0.243 e. The Labute approximate surface area is 106 Å². The molecule has 1 aromatic rings. The van der Waals surface area contributed by atoms with E-state index in [1.165, 1.54) is 4.31 Å². The number of sulfonamides is 1. The van der Waals surface area contributed by atoms with E-state index in [1.807, 2.05) is 13.8 Å². The Kier molecular flexibility index (Phi) is 4.52. The van der Waals surface area contributed by atoms with Crippen LogP contribution in [0.15, 0.2) is 33.6 Å². The molecule has 0 bridgehead atoms. The van der Waals surface area contributed by atoms with Crippen molar-refractivity contribution in [2.24, 2.45) is 0 Å². The molecule has 16 heavy (non-hydrogen) atoms. The molecule has 1 rings (SSSR count). The minimum atomic E-state index is -3.35. The van der Waals surface area contributed by atoms with E-state index < -0.39 is 10.0 Å². The first-order chi connectivity index (χ1) is 7.39. The summed E-state index contributed by atoms with van der Waals surface area (Å²) in [5.74, 6) is 0. The number of nitrogens with zero attached hydrogens (tertiary/aromatic N) is 1. The van der Waals surface area contributed by atoms with Crippen LogP contribution in [0.25, 0.3) is 0 Å². The fourth-order valence-corrected chi connectivity index (χ4v) is 2.97. The lowest BCUT2D eigenvalue weighted by atomic mass is 10.3. The van der Waals surface area contributed by atoms with Crippen LogP contribution in [0, 0.1) is 0 Å². The number of hydrogen-bond acceptors (Lipinski definition) is 2. The molecular weight excluding hydrogens is 290 g/mol. The zero-order chi connectivity index (χ0) is 12.3. The molecule has 1 aromatic carbocycles. The Balaban J connectivity index is 3.07. The monoisotopic (exact) mass is 305 g/mol. The Morgan fingerprint density at radius 1 is 1.31 bits per heavy atom. The molecule has 0 aliphatic rings. The van der Waals surface area contributed by atoms with Gasteiger partial charge in [-0.25, -0.2) is 8.42 Å². The SMILES string of the molecule is CCC(C)N(C)S(=O)(=O)c1ccc(Br)cc1. The summed E-state index contributed by atoms with van der Waals surface area (Å²) in [5, 5.41) is 0. The summed E-state index contributed by atoms with van der Waals surface area (Å²) in [7, 11) is -1.74. The average molecular weight is 306 g/mol. The van der Waals surface area contributed by atoms with Gasteiger partial charge in [0.25, 0.3) is 0 Å². The molecule has 0 radical (unpaired) electrons. The van der Waals surface area contributed by atoms with Crippen molar-refractivity contribution in [3.8, 4) is 0 Å². The zero-order valence-electron chi connectivity index (χ0n) is 9.64. The number of halogens is 1. The maximum atomic E-state index is 12.2. The molecular formula is C11H16BrNO2S. The summed E-state index contributed by atoms with van der Waals surface area (Å²) in [6.45, 7) is 3.87. The molecule has 0 N–H and O–H groups in total. The molecule has 0 heterocycles. The maximum absolute atomic E-state index is 12.2. The topological polar surface area (TPSA) is 37.4 Å². The normalized spacial score (nSPS) is 14.1. The van der Waals surface area contributed by atoms with Crippen molar-refractivity contribution in [2.75, 3.05) is 7.05 Å². The van der Waals surface area contributed by atoms with Crippen LogP contribution in [0.3, 0.4) is 0 Å². The molecule has 0 saturated heterocycles. The van der Waals surface area contributed by atoms with Gasteiger partial charge >= 0.3 is 0 Å². The van der Waals surface area contributed by atoms with Gasteiger partial charge in [0.05, 0.1) is 4.90 Å². The van der Waals surface area contributed by atoms with Crippen LogP contribution in [0.5, 0.6) is 0 Å². The summed E-state index contributed by atoms with van der Waals surface area (Å²) < 4.78 is 26.6. The quantitative estimate of drug-likeness (QED) is 0.858. The summed E-state index contributed by atoms with van der Waals surface area (Å²) >= 11 is 3.28. The molecule has 1 atom stereocenters. The summed E-state index contributed by atoms with van der Waals surface area (Å²) in [5.41, 5.74) is 0. The van der Waals surface area contributed by atoms with Crippen molar-refractivity contribution in [3.05, 3.63) is 28.7 Å². The van der Waals surface area contributed by atoms with Gasteiger partial charge in [0.2, 0.25) is 10.0 Å². The van der Waals surface area contributed by atoms with E-state index in [0.717, 1.165) is 10.9 Å². The first kappa shape index (κ1) is 13.7. The lowest BCUT2D eigenvalue weighted by molar-refractivity contribution is 0.380. The van der Waals surface area contributed by atoms with E-state index in [1.54, 1.807) is 31.3 Å². The fraction of sp³-hybridized carbons (Fsp3) is 0.455. The molecule has 0 aliphatic carbocycles. The van der Waals surface area contributed by atoms with Crippen LogP contribution in [-0.2, 0) is 10.0 Å². The lowest BCUT2D eigenvalue weighted by Gasteiger charge is -2.23. The molecule has 0 fully saturated rings. The van der Waals surface area contributed by atoms with Crippen molar-refractivity contribution < 1.29 is 8.42 Å². The molecule has 5 heteroatoms. The van der Waals surface area contributed by atoms with Crippen LogP contribution in [-0.4, -0.2) is 25.8 Å². The first-order valence-corrected chi connectivity index (χ1v) is 7.36. The van der Waals surface area contributed by atoms with E-state index >= 15 is 0 Å². The van der Waals surface area contributed by atoms with Gasteiger partial charge in [-0.3, -0.25) is 0 Å². The highest BCUT2D eigenvalue weighted by molar-refractivity contribution is 9.10. The Morgan fingerprint density at radius 3 is 2.25 bits per heavy atom. The summed E-state index contributed by atoms with van der Waals surface area (Å²) in [6, 6.07) is 6.69. The fourth-order valence-electron chi connectivity index (χ4n) is 1.27. The van der Waals surface area contributed by atoms with Gasteiger partial charge in [-0.15, -0.1) is 0 Å². The third-order valence-electron chi connectivity index (χ3n) is 2.70. The van der Waals surface area contributed by atoms with Crippen molar-refractivity contribution in [1.82, 2.24) is 4.31 Å². The molecule has 0 aromatic heterocycles. The Hall–Kier alpha value is -0.390. The van der Waals surface area contributed by atoms with E-state index in [2.05, 4.69) is 15.9 Å². The van der Waals surface area contributed by atoms with Crippen molar-refractivity contribution in [1.29, 1.82) is 0 Å². The average Bonchev–Trinajstić information content (AvgIpc) is 2.27. The summed E-state index contributed by atoms with van der Waals surface area (Å²) in [4.78, 5) is 0.332. The van der Waals surface area contributed by atoms with Gasteiger partial charge < -0.3 is 0 Å². The number of rotatable bonds is 4. The second-order valence-corrected chi connectivity index (χ2v) is 6.65. The predicted octanol–water partition coefficient (Wildman–Crippen LogP) is 2.87. The van der Waals surface area contributed by atoms with Crippen LogP contribution in [0.2, 0.25) is 0 Å². The van der Waals surface area contributed by atoms with E-state index in [4.69, 9.17) is 0 Å². The molecule has 0 aliphatic heterocycles. The highest BCUT2D eigenvalue weighted by Crippen LogP contribution is 2.19. The zero-order valence-corrected chi connectivity index (χ0v) is 12.0. The standard InChI is InChI=1S/C11H16BrNO2S/c1-4-9(2)13(3)16(14,15)11-7-5-10(12)6-8-11/h5-9H,4H2,1-3H3. The van der Waals surface area contributed by atoms with Gasteiger partial charge in [-0.1, -0.05) is 22.9 Å². The highest BCUT2D eigenvalue weighted by Gasteiger charge is 2.23. The smallest absolute Gasteiger partial charge is 0.207 e. The van der Waals surface area contributed by atoms with Crippen LogP contribution in [0.4, 0.5) is 0 Å². The molecule has 0 saturated carbocycles. The molecule has 90 valence electrons. The van der Waals surface area contributed by atoms with Crippen LogP contribution in [0.1, 0.15) is 20.3 Å². The number of hydrogen-bond donors (Lipinski definition) is 0. The van der Waals surface area contributed by atoms with Crippen molar-refractivity contribution in [2.45, 2.75) is 31.2 Å². The van der Waals surface area contributed by atoms with E-state index in [9.17, 15) is 8.42 Å². The molecule has 0 spiro atoms. The first-order valence-electron chi connectivity index (χ1n) is 5.13. The molecule has 3 nitrogen and oxygen atoms in total.